The van der Waals surface area contributed by atoms with Gasteiger partial charge in [0.05, 0.1) is 24.8 Å². The van der Waals surface area contributed by atoms with Crippen molar-refractivity contribution >= 4 is 28.1 Å². The quantitative estimate of drug-likeness (QED) is 0.410. The maximum absolute atomic E-state index is 6.17. The first-order valence-electron chi connectivity index (χ1n) is 8.50. The van der Waals surface area contributed by atoms with Crippen LogP contribution in [-0.4, -0.2) is 23.7 Å². The molecule has 0 fully saturated rings. The molecule has 0 aliphatic carbocycles. The van der Waals surface area contributed by atoms with Gasteiger partial charge in [-0.05, 0) is 31.2 Å². The van der Waals surface area contributed by atoms with Gasteiger partial charge >= 0.3 is 0 Å². The number of para-hydroxylation sites is 1. The summed E-state index contributed by atoms with van der Waals surface area (Å²) in [6.07, 6.45) is 0.643. The fraction of sp³-hybridized carbons (Fsp3) is 0.200. The van der Waals surface area contributed by atoms with Crippen molar-refractivity contribution in [2.24, 2.45) is 0 Å². The van der Waals surface area contributed by atoms with E-state index in [1.165, 1.54) is 0 Å². The molecule has 0 amide bonds. The van der Waals surface area contributed by atoms with Gasteiger partial charge in [0.1, 0.15) is 16.2 Å². The second kappa shape index (κ2) is 7.32. The molecule has 1 aromatic heterocycles. The van der Waals surface area contributed by atoms with Crippen LogP contribution in [0.5, 0.6) is 23.1 Å². The molecule has 0 bridgehead atoms. The van der Waals surface area contributed by atoms with Gasteiger partial charge in [0, 0.05) is 16.5 Å². The Bertz CT molecular complexity index is 1080. The summed E-state index contributed by atoms with van der Waals surface area (Å²) in [6, 6.07) is 11.6. The molecular formula is C20H17BrN2O3S. The largest absolute Gasteiger partial charge is 0.496 e. The molecule has 4 rings (SSSR count). The summed E-state index contributed by atoms with van der Waals surface area (Å²) in [5.41, 5.74) is 2.69. The molecule has 1 N–H and O–H groups in total. The van der Waals surface area contributed by atoms with Gasteiger partial charge in [-0.3, -0.25) is 0 Å². The minimum atomic E-state index is 0.508. The van der Waals surface area contributed by atoms with Gasteiger partial charge in [-0.15, -0.1) is 0 Å². The third-order valence-electron chi connectivity index (χ3n) is 4.33. The van der Waals surface area contributed by atoms with Crippen LogP contribution in [0.1, 0.15) is 18.1 Å². The van der Waals surface area contributed by atoms with Crippen LogP contribution in [-0.2, 0) is 6.42 Å². The average Bonchev–Trinajstić information content (AvgIpc) is 2.67. The number of fused-ring (bicyclic) bond motifs is 2. The third kappa shape index (κ3) is 3.33. The lowest BCUT2D eigenvalue weighted by Gasteiger charge is -2.22. The molecule has 0 spiro atoms. The fourth-order valence-electron chi connectivity index (χ4n) is 3.09. The van der Waals surface area contributed by atoms with Gasteiger partial charge < -0.3 is 19.2 Å². The number of halogens is 1. The number of aromatic amines is 1. The van der Waals surface area contributed by atoms with Crippen LogP contribution < -0.4 is 14.2 Å². The van der Waals surface area contributed by atoms with Crippen molar-refractivity contribution in [2.75, 3.05) is 13.7 Å². The highest BCUT2D eigenvalue weighted by Crippen LogP contribution is 2.42. The molecule has 3 aromatic rings. The third-order valence-corrected chi connectivity index (χ3v) is 5.16. The molecule has 2 aromatic carbocycles. The van der Waals surface area contributed by atoms with Crippen LogP contribution in [0.2, 0.25) is 0 Å². The number of nitrogens with one attached hydrogen (secondary N) is 1. The Morgan fingerprint density at radius 2 is 2.11 bits per heavy atom. The number of aromatic nitrogens is 2. The van der Waals surface area contributed by atoms with Crippen LogP contribution in [0.25, 0.3) is 11.4 Å². The number of hydrogen-bond acceptors (Lipinski definition) is 5. The Morgan fingerprint density at radius 3 is 2.89 bits per heavy atom. The summed E-state index contributed by atoms with van der Waals surface area (Å²) >= 11 is 9.05. The Hall–Kier alpha value is -2.38. The number of rotatable bonds is 4. The molecule has 2 heterocycles. The van der Waals surface area contributed by atoms with E-state index in [1.54, 1.807) is 7.11 Å². The molecule has 0 saturated carbocycles. The highest BCUT2D eigenvalue weighted by atomic mass is 79.9. The first kappa shape index (κ1) is 18.0. The lowest BCUT2D eigenvalue weighted by molar-refractivity contribution is 0.315. The van der Waals surface area contributed by atoms with Crippen molar-refractivity contribution in [3.8, 4) is 34.5 Å². The standard InChI is InChI=1S/C20H17BrN2O3S/c1-3-25-16-6-4-5-11-9-14-19(26-17(11)16)22-18(23-20(14)27)13-10-12(21)7-8-15(13)24-2/h4-8,10H,3,9H2,1-2H3,(H,22,23,27). The van der Waals surface area contributed by atoms with E-state index in [0.717, 1.165) is 32.7 Å². The van der Waals surface area contributed by atoms with Crippen LogP contribution in [0.4, 0.5) is 0 Å². The van der Waals surface area contributed by atoms with Crippen molar-refractivity contribution in [1.29, 1.82) is 0 Å². The molecule has 7 heteroatoms. The maximum atomic E-state index is 6.17. The van der Waals surface area contributed by atoms with E-state index in [1.807, 2.05) is 43.3 Å². The predicted molar refractivity (Wildman–Crippen MR) is 110 cm³/mol. The summed E-state index contributed by atoms with van der Waals surface area (Å²) in [6.45, 7) is 2.52. The topological polar surface area (TPSA) is 56.4 Å². The molecule has 5 nitrogen and oxygen atoms in total. The highest BCUT2D eigenvalue weighted by Gasteiger charge is 2.24. The van der Waals surface area contributed by atoms with E-state index in [4.69, 9.17) is 26.4 Å². The van der Waals surface area contributed by atoms with E-state index in [9.17, 15) is 0 Å². The fourth-order valence-corrected chi connectivity index (χ4v) is 3.71. The monoisotopic (exact) mass is 444 g/mol. The molecular weight excluding hydrogens is 428 g/mol. The zero-order valence-corrected chi connectivity index (χ0v) is 17.2. The molecule has 27 heavy (non-hydrogen) atoms. The van der Waals surface area contributed by atoms with Gasteiger partial charge in [0.2, 0.25) is 5.88 Å². The van der Waals surface area contributed by atoms with Crippen LogP contribution in [0.15, 0.2) is 40.9 Å². The zero-order valence-electron chi connectivity index (χ0n) is 14.8. The van der Waals surface area contributed by atoms with Crippen molar-refractivity contribution in [3.63, 3.8) is 0 Å². The number of nitrogens with zero attached hydrogens (tertiary/aromatic N) is 1. The van der Waals surface area contributed by atoms with Gasteiger partial charge in [0.25, 0.3) is 0 Å². The smallest absolute Gasteiger partial charge is 0.205 e. The zero-order chi connectivity index (χ0) is 19.0. The molecule has 1 aliphatic heterocycles. The molecule has 138 valence electrons. The first-order chi connectivity index (χ1) is 13.1. The van der Waals surface area contributed by atoms with Crippen LogP contribution in [0.3, 0.4) is 0 Å². The van der Waals surface area contributed by atoms with E-state index >= 15 is 0 Å². The van der Waals surface area contributed by atoms with Gasteiger partial charge in [-0.25, -0.2) is 4.98 Å². The Morgan fingerprint density at radius 1 is 1.26 bits per heavy atom. The van der Waals surface area contributed by atoms with Crippen molar-refractivity contribution in [3.05, 3.63) is 56.6 Å². The van der Waals surface area contributed by atoms with E-state index in [0.29, 0.717) is 35.1 Å². The lowest BCUT2D eigenvalue weighted by Crippen LogP contribution is -2.09. The minimum absolute atomic E-state index is 0.508. The van der Waals surface area contributed by atoms with Crippen molar-refractivity contribution in [2.45, 2.75) is 13.3 Å². The average molecular weight is 445 g/mol. The van der Waals surface area contributed by atoms with Crippen LogP contribution in [0, 0.1) is 4.64 Å². The highest BCUT2D eigenvalue weighted by molar-refractivity contribution is 9.10. The number of H-pyrrole nitrogens is 1. The Labute approximate surface area is 170 Å². The summed E-state index contributed by atoms with van der Waals surface area (Å²) in [5.74, 6) is 3.32. The van der Waals surface area contributed by atoms with Gasteiger partial charge in [-0.1, -0.05) is 40.3 Å². The number of benzene rings is 2. The minimum Gasteiger partial charge on any atom is -0.496 e. The SMILES string of the molecule is CCOc1cccc2c1Oc1[nH]c(-c3cc(Br)ccc3OC)nc(=S)c1C2. The van der Waals surface area contributed by atoms with Crippen molar-refractivity contribution < 1.29 is 14.2 Å². The van der Waals surface area contributed by atoms with E-state index in [2.05, 4.69) is 25.9 Å². The van der Waals surface area contributed by atoms with Crippen molar-refractivity contribution in [1.82, 2.24) is 9.97 Å². The lowest BCUT2D eigenvalue weighted by atomic mass is 10.0. The number of hydrogen-bond donors (Lipinski definition) is 1. The van der Waals surface area contributed by atoms with E-state index in [-0.39, 0.29) is 0 Å². The Balaban J connectivity index is 1.83. The second-order valence-electron chi connectivity index (χ2n) is 6.00. The molecule has 0 radical (unpaired) electrons. The Kier molecular flexibility index (Phi) is 4.88. The first-order valence-corrected chi connectivity index (χ1v) is 9.70. The maximum Gasteiger partial charge on any atom is 0.205 e. The number of ether oxygens (including phenoxy) is 3. The molecule has 0 atom stereocenters. The summed E-state index contributed by atoms with van der Waals surface area (Å²) in [4.78, 5) is 7.86. The molecule has 1 aliphatic rings. The normalized spacial score (nSPS) is 12.0. The summed E-state index contributed by atoms with van der Waals surface area (Å²) in [7, 11) is 1.63. The second-order valence-corrected chi connectivity index (χ2v) is 7.30. The number of methoxy groups -OCH3 is 1. The van der Waals surface area contributed by atoms with Gasteiger partial charge in [0.15, 0.2) is 11.5 Å². The summed E-state index contributed by atoms with van der Waals surface area (Å²) in [5, 5.41) is 0. The van der Waals surface area contributed by atoms with E-state index < -0.39 is 0 Å². The van der Waals surface area contributed by atoms with Crippen LogP contribution >= 0.6 is 28.1 Å². The predicted octanol–water partition coefficient (Wildman–Crippen LogP) is 5.67. The van der Waals surface area contributed by atoms with Gasteiger partial charge in [-0.2, -0.15) is 0 Å². The summed E-state index contributed by atoms with van der Waals surface area (Å²) < 4.78 is 18.8. The molecule has 0 unspecified atom stereocenters. The molecule has 0 saturated heterocycles.